The van der Waals surface area contributed by atoms with Crippen LogP contribution in [0, 0.1) is 0 Å². The Labute approximate surface area is 162 Å². The van der Waals surface area contributed by atoms with Crippen LogP contribution < -0.4 is 4.90 Å². The van der Waals surface area contributed by atoms with Gasteiger partial charge >= 0.3 is 0 Å². The van der Waals surface area contributed by atoms with Crippen LogP contribution in [0.3, 0.4) is 0 Å². The molecule has 0 bridgehead atoms. The summed E-state index contributed by atoms with van der Waals surface area (Å²) in [5, 5.41) is 0. The van der Waals surface area contributed by atoms with Crippen LogP contribution in [-0.4, -0.2) is 46.1 Å². The number of nitrogens with zero attached hydrogens (tertiary/aromatic N) is 2. The van der Waals surface area contributed by atoms with Crippen molar-refractivity contribution in [2.75, 3.05) is 38.3 Å². The molecule has 1 saturated heterocycles. The maximum absolute atomic E-state index is 12.8. The Bertz CT molecular complexity index is 827. The van der Waals surface area contributed by atoms with Gasteiger partial charge in [-0.1, -0.05) is 37.6 Å². The second kappa shape index (κ2) is 8.87. The van der Waals surface area contributed by atoms with Crippen LogP contribution >= 0.6 is 0 Å². The molecule has 2 aromatic carbocycles. The van der Waals surface area contributed by atoms with Crippen molar-refractivity contribution in [2.24, 2.45) is 0 Å². The van der Waals surface area contributed by atoms with E-state index in [9.17, 15) is 8.42 Å². The molecular formula is C21H28N2O3S. The van der Waals surface area contributed by atoms with Crippen LogP contribution in [0.5, 0.6) is 0 Å². The summed E-state index contributed by atoms with van der Waals surface area (Å²) in [5.41, 5.74) is 3.29. The van der Waals surface area contributed by atoms with Crippen molar-refractivity contribution in [3.8, 4) is 0 Å². The zero-order valence-electron chi connectivity index (χ0n) is 16.1. The molecule has 1 aliphatic heterocycles. The summed E-state index contributed by atoms with van der Waals surface area (Å²) < 4.78 is 32.4. The van der Waals surface area contributed by atoms with E-state index in [0.29, 0.717) is 11.4 Å². The van der Waals surface area contributed by atoms with E-state index in [2.05, 4.69) is 24.0 Å². The molecule has 1 aliphatic rings. The fourth-order valence-electron chi connectivity index (χ4n) is 3.27. The van der Waals surface area contributed by atoms with E-state index in [0.717, 1.165) is 56.0 Å². The van der Waals surface area contributed by atoms with Crippen molar-refractivity contribution in [2.45, 2.75) is 31.2 Å². The molecule has 0 radical (unpaired) electrons. The Hall–Kier alpha value is -1.89. The number of hydrogen-bond acceptors (Lipinski definition) is 4. The van der Waals surface area contributed by atoms with Gasteiger partial charge in [-0.15, -0.1) is 0 Å². The molecule has 3 rings (SSSR count). The summed E-state index contributed by atoms with van der Waals surface area (Å²) in [6.45, 7) is 5.74. The Balaban J connectivity index is 1.67. The number of morpholine rings is 1. The molecular weight excluding hydrogens is 360 g/mol. The van der Waals surface area contributed by atoms with E-state index in [1.165, 1.54) is 4.31 Å². The van der Waals surface area contributed by atoms with E-state index >= 15 is 0 Å². The van der Waals surface area contributed by atoms with Gasteiger partial charge in [-0.25, -0.2) is 8.42 Å². The minimum Gasteiger partial charge on any atom is -0.378 e. The Kier molecular flexibility index (Phi) is 6.52. The summed E-state index contributed by atoms with van der Waals surface area (Å²) in [5.74, 6) is 0. The molecule has 1 heterocycles. The van der Waals surface area contributed by atoms with Gasteiger partial charge in [0.1, 0.15) is 0 Å². The lowest BCUT2D eigenvalue weighted by molar-refractivity contribution is 0.122. The van der Waals surface area contributed by atoms with Gasteiger partial charge in [-0.2, -0.15) is 4.31 Å². The molecule has 6 heteroatoms. The lowest BCUT2D eigenvalue weighted by Gasteiger charge is -2.29. The molecule has 0 N–H and O–H groups in total. The highest BCUT2D eigenvalue weighted by atomic mass is 32.2. The third kappa shape index (κ3) is 4.89. The molecule has 0 aromatic heterocycles. The highest BCUT2D eigenvalue weighted by Crippen LogP contribution is 2.20. The first-order valence-electron chi connectivity index (χ1n) is 9.47. The number of aryl methyl sites for hydroxylation is 1. The highest BCUT2D eigenvalue weighted by Gasteiger charge is 2.21. The lowest BCUT2D eigenvalue weighted by atomic mass is 10.1. The van der Waals surface area contributed by atoms with Gasteiger partial charge in [0.05, 0.1) is 18.1 Å². The Morgan fingerprint density at radius 3 is 2.15 bits per heavy atom. The third-order valence-corrected chi connectivity index (χ3v) is 6.71. The van der Waals surface area contributed by atoms with Crippen LogP contribution in [0.4, 0.5) is 5.69 Å². The van der Waals surface area contributed by atoms with Crippen LogP contribution in [0.1, 0.15) is 24.5 Å². The smallest absolute Gasteiger partial charge is 0.243 e. The van der Waals surface area contributed by atoms with Crippen molar-refractivity contribution in [1.82, 2.24) is 4.31 Å². The quantitative estimate of drug-likeness (QED) is 0.730. The first-order chi connectivity index (χ1) is 13.0. The first kappa shape index (κ1) is 19.9. The summed E-state index contributed by atoms with van der Waals surface area (Å²) in [7, 11) is -1.86. The molecule has 0 aliphatic carbocycles. The minimum atomic E-state index is -3.49. The SMILES string of the molecule is CCCc1ccc(S(=O)(=O)N(C)Cc2ccc(N3CCOCC3)cc2)cc1. The standard InChI is InChI=1S/C21H28N2O3S/c1-3-4-18-7-11-21(12-8-18)27(24,25)22(2)17-19-5-9-20(10-6-19)23-13-15-26-16-14-23/h5-12H,3-4,13-17H2,1-2H3. The van der Waals surface area contributed by atoms with Gasteiger partial charge in [0.2, 0.25) is 10.0 Å². The fraction of sp³-hybridized carbons (Fsp3) is 0.429. The molecule has 2 aromatic rings. The van der Waals surface area contributed by atoms with E-state index in [4.69, 9.17) is 4.74 Å². The predicted octanol–water partition coefficient (Wildman–Crippen LogP) is 3.30. The van der Waals surface area contributed by atoms with Gasteiger partial charge < -0.3 is 9.64 Å². The number of rotatable bonds is 7. The molecule has 1 fully saturated rings. The van der Waals surface area contributed by atoms with Crippen molar-refractivity contribution in [1.29, 1.82) is 0 Å². The van der Waals surface area contributed by atoms with Crippen LogP contribution in [0.15, 0.2) is 53.4 Å². The van der Waals surface area contributed by atoms with Crippen molar-refractivity contribution in [3.05, 3.63) is 59.7 Å². The molecule has 0 amide bonds. The molecule has 27 heavy (non-hydrogen) atoms. The van der Waals surface area contributed by atoms with Gasteiger partial charge in [-0.05, 0) is 41.8 Å². The van der Waals surface area contributed by atoms with E-state index in [1.807, 2.05) is 24.3 Å². The van der Waals surface area contributed by atoms with Crippen molar-refractivity contribution < 1.29 is 13.2 Å². The average Bonchev–Trinajstić information content (AvgIpc) is 2.70. The largest absolute Gasteiger partial charge is 0.378 e. The first-order valence-corrected chi connectivity index (χ1v) is 10.9. The van der Waals surface area contributed by atoms with E-state index < -0.39 is 10.0 Å². The van der Waals surface area contributed by atoms with Gasteiger partial charge in [0.25, 0.3) is 0 Å². The van der Waals surface area contributed by atoms with Crippen molar-refractivity contribution in [3.63, 3.8) is 0 Å². The zero-order chi connectivity index (χ0) is 19.3. The molecule has 5 nitrogen and oxygen atoms in total. The average molecular weight is 389 g/mol. The van der Waals surface area contributed by atoms with Crippen LogP contribution in [-0.2, 0) is 27.7 Å². The highest BCUT2D eigenvalue weighted by molar-refractivity contribution is 7.89. The third-order valence-electron chi connectivity index (χ3n) is 4.89. The monoisotopic (exact) mass is 388 g/mol. The summed E-state index contributed by atoms with van der Waals surface area (Å²) in [6.07, 6.45) is 2.01. The summed E-state index contributed by atoms with van der Waals surface area (Å²) >= 11 is 0. The predicted molar refractivity (Wildman–Crippen MR) is 109 cm³/mol. The molecule has 0 spiro atoms. The lowest BCUT2D eigenvalue weighted by Crippen LogP contribution is -2.36. The van der Waals surface area contributed by atoms with Crippen molar-refractivity contribution >= 4 is 15.7 Å². The van der Waals surface area contributed by atoms with Crippen LogP contribution in [0.2, 0.25) is 0 Å². The van der Waals surface area contributed by atoms with Crippen LogP contribution in [0.25, 0.3) is 0 Å². The Morgan fingerprint density at radius 1 is 0.963 bits per heavy atom. The number of hydrogen-bond donors (Lipinski definition) is 0. The molecule has 0 unspecified atom stereocenters. The topological polar surface area (TPSA) is 49.9 Å². The Morgan fingerprint density at radius 2 is 1.56 bits per heavy atom. The van der Waals surface area contributed by atoms with Gasteiger partial charge in [0, 0.05) is 32.4 Å². The van der Waals surface area contributed by atoms with Gasteiger partial charge in [0.15, 0.2) is 0 Å². The number of benzene rings is 2. The second-order valence-electron chi connectivity index (χ2n) is 6.92. The number of ether oxygens (including phenoxy) is 1. The van der Waals surface area contributed by atoms with E-state index in [-0.39, 0.29) is 0 Å². The maximum Gasteiger partial charge on any atom is 0.243 e. The van der Waals surface area contributed by atoms with Gasteiger partial charge in [-0.3, -0.25) is 0 Å². The normalized spacial score (nSPS) is 15.3. The zero-order valence-corrected chi connectivity index (χ0v) is 16.9. The minimum absolute atomic E-state index is 0.342. The molecule has 0 atom stereocenters. The maximum atomic E-state index is 12.8. The second-order valence-corrected chi connectivity index (χ2v) is 8.97. The summed E-state index contributed by atoms with van der Waals surface area (Å²) in [6, 6.07) is 15.3. The number of anilines is 1. The molecule has 146 valence electrons. The number of sulfonamides is 1. The molecule has 0 saturated carbocycles. The van der Waals surface area contributed by atoms with E-state index in [1.54, 1.807) is 19.2 Å². The fourth-order valence-corrected chi connectivity index (χ4v) is 4.43. The summed E-state index contributed by atoms with van der Waals surface area (Å²) in [4.78, 5) is 2.63.